The Morgan fingerprint density at radius 1 is 0.260 bits per heavy atom. The zero-order chi connectivity index (χ0) is 48.0. The lowest BCUT2D eigenvalue weighted by atomic mass is 9.94. The number of anilines is 3. The number of nitrogens with zero attached hydrogens (tertiary/aromatic N) is 2. The van der Waals surface area contributed by atoms with E-state index in [0.29, 0.717) is 0 Å². The highest BCUT2D eigenvalue weighted by atomic mass is 32.1. The van der Waals surface area contributed by atoms with Crippen molar-refractivity contribution in [3.63, 3.8) is 0 Å². The summed E-state index contributed by atoms with van der Waals surface area (Å²) in [5, 5.41) is 12.6. The van der Waals surface area contributed by atoms with Gasteiger partial charge >= 0.3 is 0 Å². The van der Waals surface area contributed by atoms with Gasteiger partial charge in [0, 0.05) is 59.0 Å². The van der Waals surface area contributed by atoms with E-state index >= 15 is 0 Å². The van der Waals surface area contributed by atoms with Crippen molar-refractivity contribution in [1.29, 1.82) is 0 Å². The molecular formula is C70H44N2S. The SMILES string of the molecule is c1ccc(-c2c3ccccc3n3c4ccccc4c4cc(-c5ccc(-c6cccc(-c7ccc(N(c8ccc9c(ccc%10ccccc%109)c8)c8ccc9sc%10ccccc%10c9c8)cc7)c6)cc5)ccc4c23)cc1. The molecule has 0 unspecified atom stereocenters. The van der Waals surface area contributed by atoms with Crippen LogP contribution in [0.3, 0.4) is 0 Å². The van der Waals surface area contributed by atoms with Crippen LogP contribution in [0.15, 0.2) is 267 Å². The molecule has 15 rings (SSSR count). The highest BCUT2D eigenvalue weighted by molar-refractivity contribution is 7.25. The van der Waals surface area contributed by atoms with Gasteiger partial charge < -0.3 is 9.30 Å². The molecule has 0 aliphatic rings. The lowest BCUT2D eigenvalue weighted by molar-refractivity contribution is 1.30. The van der Waals surface area contributed by atoms with Gasteiger partial charge in [0.1, 0.15) is 0 Å². The van der Waals surface area contributed by atoms with E-state index in [-0.39, 0.29) is 0 Å². The maximum absolute atomic E-state index is 2.47. The molecule has 0 saturated carbocycles. The first-order valence-corrected chi connectivity index (χ1v) is 25.9. The first-order valence-electron chi connectivity index (χ1n) is 25.1. The van der Waals surface area contributed by atoms with Gasteiger partial charge in [0.05, 0.1) is 16.6 Å². The van der Waals surface area contributed by atoms with E-state index < -0.39 is 0 Å². The molecule has 0 aliphatic heterocycles. The Morgan fingerprint density at radius 2 is 0.781 bits per heavy atom. The second-order valence-corrected chi connectivity index (χ2v) is 20.3. The van der Waals surface area contributed by atoms with E-state index in [4.69, 9.17) is 0 Å². The molecule has 73 heavy (non-hydrogen) atoms. The Bertz CT molecular complexity index is 4660. The summed E-state index contributed by atoms with van der Waals surface area (Å²) >= 11 is 1.86. The van der Waals surface area contributed by atoms with Crippen molar-refractivity contribution in [3.05, 3.63) is 267 Å². The van der Waals surface area contributed by atoms with E-state index in [9.17, 15) is 0 Å². The first kappa shape index (κ1) is 41.5. The van der Waals surface area contributed by atoms with Crippen LogP contribution in [0.2, 0.25) is 0 Å². The van der Waals surface area contributed by atoms with Gasteiger partial charge in [0.25, 0.3) is 0 Å². The van der Waals surface area contributed by atoms with Gasteiger partial charge in [0.2, 0.25) is 0 Å². The predicted molar refractivity (Wildman–Crippen MR) is 314 cm³/mol. The molecule has 3 aromatic heterocycles. The molecule has 0 amide bonds. The maximum Gasteiger partial charge on any atom is 0.0625 e. The Labute approximate surface area is 426 Å². The molecule has 3 heterocycles. The summed E-state index contributed by atoms with van der Waals surface area (Å²) < 4.78 is 5.08. The van der Waals surface area contributed by atoms with Crippen LogP contribution in [0.5, 0.6) is 0 Å². The predicted octanol–water partition coefficient (Wildman–Crippen LogP) is 20.2. The molecule has 0 atom stereocenters. The summed E-state index contributed by atoms with van der Waals surface area (Å²) in [4.78, 5) is 2.41. The number of fused-ring (bicyclic) bond motifs is 14. The highest BCUT2D eigenvalue weighted by Crippen LogP contribution is 2.45. The maximum atomic E-state index is 2.47. The van der Waals surface area contributed by atoms with E-state index in [2.05, 4.69) is 276 Å². The summed E-state index contributed by atoms with van der Waals surface area (Å²) in [5.74, 6) is 0. The second kappa shape index (κ2) is 16.7. The summed E-state index contributed by atoms with van der Waals surface area (Å²) in [6, 6.07) is 98.5. The molecule has 340 valence electrons. The van der Waals surface area contributed by atoms with Gasteiger partial charge in [-0.1, -0.05) is 194 Å². The van der Waals surface area contributed by atoms with Crippen LogP contribution in [0, 0.1) is 0 Å². The molecule has 0 spiro atoms. The number of thiophene rings is 1. The zero-order valence-corrected chi connectivity index (χ0v) is 40.5. The Kier molecular flexibility index (Phi) is 9.48. The third-order valence-electron chi connectivity index (χ3n) is 15.1. The smallest absolute Gasteiger partial charge is 0.0625 e. The third-order valence-corrected chi connectivity index (χ3v) is 16.3. The van der Waals surface area contributed by atoms with Gasteiger partial charge in [-0.3, -0.25) is 0 Å². The van der Waals surface area contributed by atoms with Gasteiger partial charge in [0.15, 0.2) is 0 Å². The second-order valence-electron chi connectivity index (χ2n) is 19.2. The van der Waals surface area contributed by atoms with Crippen LogP contribution in [-0.2, 0) is 0 Å². The number of aromatic nitrogens is 1. The van der Waals surface area contributed by atoms with Crippen LogP contribution < -0.4 is 4.90 Å². The van der Waals surface area contributed by atoms with Crippen LogP contribution in [-0.4, -0.2) is 4.40 Å². The van der Waals surface area contributed by atoms with Crippen LogP contribution >= 0.6 is 11.3 Å². The standard InChI is InChI=1S/C70H44N2S/c1-2-14-49(15-3-1)69-62-21-7-10-23-66(62)72-65-22-9-6-19-59(65)63-43-52(33-38-61(63)70(69)72)46-27-25-45(26-28-46)50-16-12-17-51(41-50)47-31-34-54(35-32-47)71(56-37-40-68-64(44-56)60-20-8-11-24-67(60)73-68)55-36-39-58-53(42-55)30-29-48-13-4-5-18-57(48)58/h1-44H. The van der Waals surface area contributed by atoms with Gasteiger partial charge in [-0.2, -0.15) is 0 Å². The van der Waals surface area contributed by atoms with Crippen molar-refractivity contribution in [1.82, 2.24) is 4.40 Å². The molecular weight excluding hydrogens is 901 g/mol. The Balaban J connectivity index is 0.776. The Morgan fingerprint density at radius 3 is 1.56 bits per heavy atom. The summed E-state index contributed by atoms with van der Waals surface area (Å²) in [6.45, 7) is 0. The molecule has 2 nitrogen and oxygen atoms in total. The number of hydrogen-bond acceptors (Lipinski definition) is 2. The average molecular weight is 945 g/mol. The van der Waals surface area contributed by atoms with Gasteiger partial charge in [-0.25, -0.2) is 0 Å². The minimum atomic E-state index is 1.11. The molecule has 3 heteroatoms. The average Bonchev–Trinajstić information content (AvgIpc) is 4.02. The summed E-state index contributed by atoms with van der Waals surface area (Å²) in [5.41, 5.74) is 16.7. The number of rotatable bonds is 7. The number of benzene rings is 12. The van der Waals surface area contributed by atoms with Crippen molar-refractivity contribution >= 4 is 108 Å². The van der Waals surface area contributed by atoms with Crippen LogP contribution in [0.25, 0.3) is 124 Å². The van der Waals surface area contributed by atoms with E-state index in [1.807, 2.05) is 11.3 Å². The highest BCUT2D eigenvalue weighted by Gasteiger charge is 2.21. The molecule has 0 fully saturated rings. The fourth-order valence-electron chi connectivity index (χ4n) is 11.7. The van der Waals surface area contributed by atoms with E-state index in [1.54, 1.807) is 0 Å². The molecule has 15 aromatic rings. The number of hydrogen-bond donors (Lipinski definition) is 0. The van der Waals surface area contributed by atoms with Crippen LogP contribution in [0.4, 0.5) is 17.1 Å². The molecule has 0 bridgehead atoms. The quantitative estimate of drug-likeness (QED) is 0.145. The first-order chi connectivity index (χ1) is 36.2. The van der Waals surface area contributed by atoms with E-state index in [1.165, 1.54) is 124 Å². The fraction of sp³-hybridized carbons (Fsp3) is 0. The van der Waals surface area contributed by atoms with Crippen molar-refractivity contribution in [2.75, 3.05) is 4.90 Å². The van der Waals surface area contributed by atoms with Crippen molar-refractivity contribution in [2.45, 2.75) is 0 Å². The molecule has 12 aromatic carbocycles. The zero-order valence-electron chi connectivity index (χ0n) is 39.7. The Hall–Kier alpha value is -9.28. The van der Waals surface area contributed by atoms with Gasteiger partial charge in [-0.05, 0) is 139 Å². The summed E-state index contributed by atoms with van der Waals surface area (Å²) in [6.07, 6.45) is 0. The van der Waals surface area contributed by atoms with Crippen molar-refractivity contribution in [3.8, 4) is 44.5 Å². The van der Waals surface area contributed by atoms with Crippen LogP contribution in [0.1, 0.15) is 0 Å². The van der Waals surface area contributed by atoms with Crippen molar-refractivity contribution in [2.24, 2.45) is 0 Å². The van der Waals surface area contributed by atoms with E-state index in [0.717, 1.165) is 17.1 Å². The fourth-order valence-corrected chi connectivity index (χ4v) is 12.8. The van der Waals surface area contributed by atoms with Gasteiger partial charge in [-0.15, -0.1) is 11.3 Å². The summed E-state index contributed by atoms with van der Waals surface area (Å²) in [7, 11) is 0. The minimum Gasteiger partial charge on any atom is -0.310 e. The molecule has 0 saturated heterocycles. The lowest BCUT2D eigenvalue weighted by Gasteiger charge is -2.26. The topological polar surface area (TPSA) is 7.65 Å². The number of pyridine rings is 1. The molecule has 0 aliphatic carbocycles. The monoisotopic (exact) mass is 944 g/mol. The minimum absolute atomic E-state index is 1.11. The largest absolute Gasteiger partial charge is 0.310 e. The number of para-hydroxylation sites is 2. The lowest BCUT2D eigenvalue weighted by Crippen LogP contribution is -2.09. The third kappa shape index (κ3) is 6.78. The normalized spacial score (nSPS) is 11.8. The molecule has 0 N–H and O–H groups in total. The van der Waals surface area contributed by atoms with Crippen molar-refractivity contribution < 1.29 is 0 Å². The molecule has 0 radical (unpaired) electrons.